The number of anilines is 1. The van der Waals surface area contributed by atoms with Gasteiger partial charge in [0.25, 0.3) is 0 Å². The van der Waals surface area contributed by atoms with Crippen LogP contribution in [0.3, 0.4) is 0 Å². The molecule has 1 aromatic heterocycles. The van der Waals surface area contributed by atoms with Crippen LogP contribution in [-0.2, 0) is 17.1 Å². The Morgan fingerprint density at radius 3 is 2.71 bits per heavy atom. The van der Waals surface area contributed by atoms with Crippen molar-refractivity contribution in [2.24, 2.45) is 7.05 Å². The Morgan fingerprint density at radius 1 is 1.29 bits per heavy atom. The van der Waals surface area contributed by atoms with Crippen molar-refractivity contribution >= 4 is 15.7 Å². The normalized spacial score (nSPS) is 19.1. The molecule has 7 heteroatoms. The van der Waals surface area contributed by atoms with Crippen LogP contribution >= 0.6 is 0 Å². The highest BCUT2D eigenvalue weighted by atomic mass is 32.2. The number of sulfonamides is 1. The van der Waals surface area contributed by atoms with Gasteiger partial charge in [-0.1, -0.05) is 18.2 Å². The lowest BCUT2D eigenvalue weighted by atomic mass is 10.3. The molecule has 1 saturated heterocycles. The minimum absolute atomic E-state index is 0.0737. The third-order valence-electron chi connectivity index (χ3n) is 3.62. The summed E-state index contributed by atoms with van der Waals surface area (Å²) >= 11 is 0. The van der Waals surface area contributed by atoms with Gasteiger partial charge >= 0.3 is 0 Å². The summed E-state index contributed by atoms with van der Waals surface area (Å²) in [5.74, 6) is 0. The van der Waals surface area contributed by atoms with Gasteiger partial charge in [0.1, 0.15) is 0 Å². The van der Waals surface area contributed by atoms with Crippen LogP contribution in [0, 0.1) is 0 Å². The second kappa shape index (κ2) is 5.50. The maximum Gasteiger partial charge on any atom is 0.240 e. The van der Waals surface area contributed by atoms with E-state index in [0.717, 1.165) is 18.7 Å². The zero-order valence-electron chi connectivity index (χ0n) is 11.8. The Bertz CT molecular complexity index is 712. The number of aryl methyl sites for hydroxylation is 1. The summed E-state index contributed by atoms with van der Waals surface area (Å²) in [6, 6.07) is 8.40. The average molecular weight is 306 g/mol. The van der Waals surface area contributed by atoms with Crippen molar-refractivity contribution < 1.29 is 8.42 Å². The van der Waals surface area contributed by atoms with Crippen LogP contribution in [0.5, 0.6) is 0 Å². The van der Waals surface area contributed by atoms with Crippen molar-refractivity contribution in [3.8, 4) is 0 Å². The predicted octanol–water partition coefficient (Wildman–Crippen LogP) is 0.977. The third kappa shape index (κ3) is 3.08. The van der Waals surface area contributed by atoms with Gasteiger partial charge in [-0.2, -0.15) is 5.10 Å². The van der Waals surface area contributed by atoms with E-state index in [4.69, 9.17) is 0 Å². The number of nitrogens with zero attached hydrogens (tertiary/aromatic N) is 3. The summed E-state index contributed by atoms with van der Waals surface area (Å²) in [7, 11) is -1.57. The van der Waals surface area contributed by atoms with E-state index in [1.165, 1.54) is 0 Å². The van der Waals surface area contributed by atoms with Gasteiger partial charge in [-0.3, -0.25) is 4.68 Å². The molecule has 112 valence electrons. The first kappa shape index (κ1) is 14.1. The molecule has 1 atom stereocenters. The topological polar surface area (TPSA) is 67.2 Å². The average Bonchev–Trinajstić information content (AvgIpc) is 3.08. The molecule has 0 radical (unpaired) electrons. The summed E-state index contributed by atoms with van der Waals surface area (Å²) in [5.41, 5.74) is 1.03. The molecule has 0 amide bonds. The largest absolute Gasteiger partial charge is 0.367 e. The molecule has 1 aliphatic heterocycles. The molecule has 0 aliphatic carbocycles. The smallest absolute Gasteiger partial charge is 0.240 e. The predicted molar refractivity (Wildman–Crippen MR) is 80.6 cm³/mol. The highest BCUT2D eigenvalue weighted by Crippen LogP contribution is 2.20. The van der Waals surface area contributed by atoms with Crippen molar-refractivity contribution in [3.05, 3.63) is 42.7 Å². The van der Waals surface area contributed by atoms with E-state index in [2.05, 4.69) is 14.7 Å². The van der Waals surface area contributed by atoms with Gasteiger partial charge in [0, 0.05) is 32.4 Å². The second-order valence-electron chi connectivity index (χ2n) is 5.24. The molecular formula is C14H18N4O2S. The Morgan fingerprint density at radius 2 is 2.05 bits per heavy atom. The van der Waals surface area contributed by atoms with Crippen molar-refractivity contribution in [1.29, 1.82) is 0 Å². The van der Waals surface area contributed by atoms with E-state index >= 15 is 0 Å². The molecule has 1 fully saturated rings. The molecule has 1 unspecified atom stereocenters. The minimum Gasteiger partial charge on any atom is -0.367 e. The molecule has 1 N–H and O–H groups in total. The summed E-state index contributed by atoms with van der Waals surface area (Å²) in [5, 5.41) is 4.14. The van der Waals surface area contributed by atoms with Crippen molar-refractivity contribution in [2.45, 2.75) is 17.4 Å². The molecule has 2 aromatic rings. The quantitative estimate of drug-likeness (QED) is 0.914. The van der Waals surface area contributed by atoms with E-state index in [-0.39, 0.29) is 6.04 Å². The van der Waals surface area contributed by atoms with E-state index in [1.54, 1.807) is 41.2 Å². The summed E-state index contributed by atoms with van der Waals surface area (Å²) < 4.78 is 29.1. The first-order valence-corrected chi connectivity index (χ1v) is 8.34. The van der Waals surface area contributed by atoms with E-state index < -0.39 is 10.0 Å². The van der Waals surface area contributed by atoms with Crippen LogP contribution in [0.2, 0.25) is 0 Å². The van der Waals surface area contributed by atoms with Gasteiger partial charge in [-0.15, -0.1) is 0 Å². The van der Waals surface area contributed by atoms with Crippen molar-refractivity contribution in [2.75, 3.05) is 18.0 Å². The monoisotopic (exact) mass is 306 g/mol. The lowest BCUT2D eigenvalue weighted by molar-refractivity contribution is 0.561. The Labute approximate surface area is 124 Å². The van der Waals surface area contributed by atoms with Crippen LogP contribution in [-0.4, -0.2) is 37.3 Å². The highest BCUT2D eigenvalue weighted by molar-refractivity contribution is 7.89. The third-order valence-corrected chi connectivity index (χ3v) is 5.16. The highest BCUT2D eigenvalue weighted by Gasteiger charge is 2.27. The molecule has 1 aromatic carbocycles. The zero-order valence-corrected chi connectivity index (χ0v) is 12.6. The SMILES string of the molecule is Cn1cc(N2CCC(NS(=O)(=O)c3ccccc3)C2)cn1. The van der Waals surface area contributed by atoms with E-state index in [9.17, 15) is 8.42 Å². The molecule has 0 saturated carbocycles. The molecule has 6 nitrogen and oxygen atoms in total. The first-order chi connectivity index (χ1) is 10.0. The lowest BCUT2D eigenvalue weighted by Crippen LogP contribution is -2.37. The number of hydrogen-bond donors (Lipinski definition) is 1. The fourth-order valence-corrected chi connectivity index (χ4v) is 3.83. The van der Waals surface area contributed by atoms with Crippen molar-refractivity contribution in [1.82, 2.24) is 14.5 Å². The number of rotatable bonds is 4. The van der Waals surface area contributed by atoms with Crippen LogP contribution in [0.4, 0.5) is 5.69 Å². The molecule has 0 spiro atoms. The van der Waals surface area contributed by atoms with Crippen molar-refractivity contribution in [3.63, 3.8) is 0 Å². The maximum absolute atomic E-state index is 12.3. The van der Waals surface area contributed by atoms with Crippen LogP contribution in [0.15, 0.2) is 47.6 Å². The Kier molecular flexibility index (Phi) is 3.69. The van der Waals surface area contributed by atoms with Gasteiger partial charge < -0.3 is 4.90 Å². The minimum atomic E-state index is -3.44. The van der Waals surface area contributed by atoms with E-state index in [0.29, 0.717) is 11.4 Å². The molecule has 0 bridgehead atoms. The van der Waals surface area contributed by atoms with Gasteiger partial charge in [0.15, 0.2) is 0 Å². The summed E-state index contributed by atoms with van der Waals surface area (Å²) in [6.45, 7) is 1.49. The standard InChI is InChI=1S/C14H18N4O2S/c1-17-11-13(9-15-17)18-8-7-12(10-18)16-21(19,20)14-5-3-2-4-6-14/h2-6,9,11-12,16H,7-8,10H2,1H3. The van der Waals surface area contributed by atoms with Crippen LogP contribution < -0.4 is 9.62 Å². The zero-order chi connectivity index (χ0) is 14.9. The van der Waals surface area contributed by atoms with E-state index in [1.807, 2.05) is 13.2 Å². The molecular weight excluding hydrogens is 288 g/mol. The van der Waals surface area contributed by atoms with Gasteiger partial charge in [-0.25, -0.2) is 13.1 Å². The number of nitrogens with one attached hydrogen (secondary N) is 1. The maximum atomic E-state index is 12.3. The van der Waals surface area contributed by atoms with Crippen LogP contribution in [0.25, 0.3) is 0 Å². The fourth-order valence-electron chi connectivity index (χ4n) is 2.55. The Hall–Kier alpha value is -1.86. The number of hydrogen-bond acceptors (Lipinski definition) is 4. The fraction of sp³-hybridized carbons (Fsp3) is 0.357. The summed E-state index contributed by atoms with van der Waals surface area (Å²) in [6.07, 6.45) is 4.53. The second-order valence-corrected chi connectivity index (χ2v) is 6.95. The first-order valence-electron chi connectivity index (χ1n) is 6.85. The summed E-state index contributed by atoms with van der Waals surface area (Å²) in [4.78, 5) is 2.45. The molecule has 3 rings (SSSR count). The number of aromatic nitrogens is 2. The lowest BCUT2D eigenvalue weighted by Gasteiger charge is -2.17. The van der Waals surface area contributed by atoms with Gasteiger partial charge in [0.05, 0.1) is 16.8 Å². The van der Waals surface area contributed by atoms with Gasteiger partial charge in [-0.05, 0) is 18.6 Å². The number of benzene rings is 1. The van der Waals surface area contributed by atoms with Gasteiger partial charge in [0.2, 0.25) is 10.0 Å². The van der Waals surface area contributed by atoms with Crippen LogP contribution in [0.1, 0.15) is 6.42 Å². The molecule has 21 heavy (non-hydrogen) atoms. The molecule has 1 aliphatic rings. The molecule has 2 heterocycles. The Balaban J connectivity index is 1.67.